The molecular weight excluding hydrogens is 194 g/mol. The van der Waals surface area contributed by atoms with Crippen LogP contribution in [0.2, 0.25) is 0 Å². The van der Waals surface area contributed by atoms with Gasteiger partial charge in [0.15, 0.2) is 0 Å². The maximum Gasteiger partial charge on any atom is 0.108 e. The fraction of sp³-hybridized carbons (Fsp3) is 0.500. The van der Waals surface area contributed by atoms with Crippen LogP contribution in [-0.4, -0.2) is 9.78 Å². The maximum atomic E-state index is 5.64. The second-order valence-electron chi connectivity index (χ2n) is 2.30. The van der Waals surface area contributed by atoms with E-state index < -0.39 is 0 Å². The number of halogens is 1. The van der Waals surface area contributed by atoms with E-state index in [1.54, 1.807) is 10.9 Å². The van der Waals surface area contributed by atoms with Crippen molar-refractivity contribution in [2.24, 2.45) is 12.8 Å². The first-order valence-corrected chi connectivity index (χ1v) is 3.85. The van der Waals surface area contributed by atoms with Crippen molar-refractivity contribution in [2.75, 3.05) is 0 Å². The molecule has 3 nitrogen and oxygen atoms in total. The van der Waals surface area contributed by atoms with Crippen molar-refractivity contribution < 1.29 is 0 Å². The molecule has 0 fully saturated rings. The Morgan fingerprint density at radius 2 is 2.40 bits per heavy atom. The molecule has 1 rings (SSSR count). The summed E-state index contributed by atoms with van der Waals surface area (Å²) >= 11 is 3.37. The molecule has 1 atom stereocenters. The molecule has 1 heterocycles. The number of aromatic nitrogens is 2. The molecule has 0 aliphatic heterocycles. The van der Waals surface area contributed by atoms with Crippen LogP contribution in [0, 0.1) is 0 Å². The zero-order valence-corrected chi connectivity index (χ0v) is 7.59. The van der Waals surface area contributed by atoms with E-state index in [0.29, 0.717) is 0 Å². The third kappa shape index (κ3) is 1.22. The van der Waals surface area contributed by atoms with Gasteiger partial charge in [-0.05, 0) is 22.9 Å². The fourth-order valence-electron chi connectivity index (χ4n) is 0.745. The summed E-state index contributed by atoms with van der Waals surface area (Å²) in [6.07, 6.45) is 1.77. The summed E-state index contributed by atoms with van der Waals surface area (Å²) in [6.45, 7) is 1.93. The fourth-order valence-corrected chi connectivity index (χ4v) is 1.30. The highest BCUT2D eigenvalue weighted by Gasteiger charge is 2.07. The standard InChI is InChI=1S/C6H10BrN3/c1-4(8)5-3-9-10(2)6(5)7/h3-4H,8H2,1-2H3. The van der Waals surface area contributed by atoms with E-state index in [9.17, 15) is 0 Å². The lowest BCUT2D eigenvalue weighted by molar-refractivity contribution is 0.741. The normalized spacial score (nSPS) is 13.6. The third-order valence-corrected chi connectivity index (χ3v) is 2.35. The molecule has 0 aliphatic rings. The first-order chi connectivity index (χ1) is 4.63. The molecule has 1 aromatic heterocycles. The topological polar surface area (TPSA) is 43.8 Å². The highest BCUT2D eigenvalue weighted by atomic mass is 79.9. The van der Waals surface area contributed by atoms with E-state index in [1.165, 1.54) is 0 Å². The second kappa shape index (κ2) is 2.72. The van der Waals surface area contributed by atoms with Crippen molar-refractivity contribution in [3.8, 4) is 0 Å². The van der Waals surface area contributed by atoms with Crippen molar-refractivity contribution in [3.05, 3.63) is 16.4 Å². The van der Waals surface area contributed by atoms with Gasteiger partial charge >= 0.3 is 0 Å². The minimum Gasteiger partial charge on any atom is -0.324 e. The zero-order valence-electron chi connectivity index (χ0n) is 6.00. The van der Waals surface area contributed by atoms with E-state index in [4.69, 9.17) is 5.73 Å². The Morgan fingerprint density at radius 3 is 2.60 bits per heavy atom. The molecule has 1 aromatic rings. The molecule has 0 saturated carbocycles. The minimum atomic E-state index is 0.0445. The van der Waals surface area contributed by atoms with Gasteiger partial charge in [0.2, 0.25) is 0 Å². The van der Waals surface area contributed by atoms with Crippen LogP contribution in [0.25, 0.3) is 0 Å². The van der Waals surface area contributed by atoms with Crippen molar-refractivity contribution >= 4 is 15.9 Å². The molecule has 0 amide bonds. The summed E-state index contributed by atoms with van der Waals surface area (Å²) in [5.74, 6) is 0. The summed E-state index contributed by atoms with van der Waals surface area (Å²) in [5, 5.41) is 4.03. The summed E-state index contributed by atoms with van der Waals surface area (Å²) in [7, 11) is 1.87. The van der Waals surface area contributed by atoms with Crippen LogP contribution in [0.1, 0.15) is 18.5 Å². The number of hydrogen-bond donors (Lipinski definition) is 1. The molecule has 0 bridgehead atoms. The lowest BCUT2D eigenvalue weighted by Crippen LogP contribution is -2.04. The maximum absolute atomic E-state index is 5.64. The predicted molar refractivity (Wildman–Crippen MR) is 43.5 cm³/mol. The number of aryl methyl sites for hydroxylation is 1. The SMILES string of the molecule is CC(N)c1cnn(C)c1Br. The van der Waals surface area contributed by atoms with E-state index in [2.05, 4.69) is 21.0 Å². The van der Waals surface area contributed by atoms with Crippen molar-refractivity contribution in [2.45, 2.75) is 13.0 Å². The van der Waals surface area contributed by atoms with Crippen LogP contribution in [0.4, 0.5) is 0 Å². The average molecular weight is 204 g/mol. The molecular formula is C6H10BrN3. The summed E-state index contributed by atoms with van der Waals surface area (Å²) in [6, 6.07) is 0.0445. The average Bonchev–Trinajstić information content (AvgIpc) is 2.14. The molecule has 0 radical (unpaired) electrons. The Morgan fingerprint density at radius 1 is 1.80 bits per heavy atom. The van der Waals surface area contributed by atoms with E-state index in [0.717, 1.165) is 10.2 Å². The molecule has 0 aromatic carbocycles. The van der Waals surface area contributed by atoms with Gasteiger partial charge in [0, 0.05) is 18.7 Å². The Bertz CT molecular complexity index is 229. The van der Waals surface area contributed by atoms with Gasteiger partial charge in [-0.1, -0.05) is 0 Å². The number of nitrogens with zero attached hydrogens (tertiary/aromatic N) is 2. The minimum absolute atomic E-state index is 0.0445. The number of hydrogen-bond acceptors (Lipinski definition) is 2. The van der Waals surface area contributed by atoms with E-state index >= 15 is 0 Å². The Hall–Kier alpha value is -0.350. The smallest absolute Gasteiger partial charge is 0.108 e. The Balaban J connectivity index is 3.05. The molecule has 1 unspecified atom stereocenters. The van der Waals surface area contributed by atoms with Gasteiger partial charge < -0.3 is 5.73 Å². The highest BCUT2D eigenvalue weighted by molar-refractivity contribution is 9.10. The molecule has 0 aliphatic carbocycles. The monoisotopic (exact) mass is 203 g/mol. The van der Waals surface area contributed by atoms with E-state index in [1.807, 2.05) is 14.0 Å². The lowest BCUT2D eigenvalue weighted by Gasteiger charge is -2.00. The molecule has 2 N–H and O–H groups in total. The third-order valence-electron chi connectivity index (χ3n) is 1.38. The van der Waals surface area contributed by atoms with Crippen LogP contribution in [-0.2, 0) is 7.05 Å². The van der Waals surface area contributed by atoms with Crippen molar-refractivity contribution in [1.82, 2.24) is 9.78 Å². The van der Waals surface area contributed by atoms with Crippen molar-refractivity contribution in [1.29, 1.82) is 0 Å². The first-order valence-electron chi connectivity index (χ1n) is 3.06. The van der Waals surface area contributed by atoms with Crippen LogP contribution in [0.3, 0.4) is 0 Å². The van der Waals surface area contributed by atoms with Crippen molar-refractivity contribution in [3.63, 3.8) is 0 Å². The summed E-state index contributed by atoms with van der Waals surface area (Å²) in [4.78, 5) is 0. The predicted octanol–water partition coefficient (Wildman–Crippen LogP) is 1.20. The molecule has 4 heteroatoms. The van der Waals surface area contributed by atoms with Gasteiger partial charge in [0.05, 0.1) is 6.20 Å². The Labute approximate surface area is 68.3 Å². The Kier molecular flexibility index (Phi) is 2.11. The molecule has 0 spiro atoms. The van der Waals surface area contributed by atoms with Gasteiger partial charge in [-0.25, -0.2) is 0 Å². The molecule has 10 heavy (non-hydrogen) atoms. The highest BCUT2D eigenvalue weighted by Crippen LogP contribution is 2.19. The van der Waals surface area contributed by atoms with Gasteiger partial charge in [-0.15, -0.1) is 0 Å². The van der Waals surface area contributed by atoms with Crippen LogP contribution < -0.4 is 5.73 Å². The largest absolute Gasteiger partial charge is 0.324 e. The van der Waals surface area contributed by atoms with Crippen LogP contribution in [0.5, 0.6) is 0 Å². The zero-order chi connectivity index (χ0) is 7.72. The molecule has 0 saturated heterocycles. The first kappa shape index (κ1) is 7.75. The van der Waals surface area contributed by atoms with Crippen LogP contribution >= 0.6 is 15.9 Å². The van der Waals surface area contributed by atoms with Gasteiger partial charge in [-0.3, -0.25) is 4.68 Å². The van der Waals surface area contributed by atoms with E-state index in [-0.39, 0.29) is 6.04 Å². The van der Waals surface area contributed by atoms with Crippen LogP contribution in [0.15, 0.2) is 10.8 Å². The van der Waals surface area contributed by atoms with Gasteiger partial charge in [-0.2, -0.15) is 5.10 Å². The molecule has 56 valence electrons. The number of nitrogens with two attached hydrogens (primary N) is 1. The van der Waals surface area contributed by atoms with Gasteiger partial charge in [0.1, 0.15) is 4.60 Å². The lowest BCUT2D eigenvalue weighted by atomic mass is 10.2. The quantitative estimate of drug-likeness (QED) is 0.746. The summed E-state index contributed by atoms with van der Waals surface area (Å²) in [5.41, 5.74) is 6.69. The second-order valence-corrected chi connectivity index (χ2v) is 3.05. The number of rotatable bonds is 1. The summed E-state index contributed by atoms with van der Waals surface area (Å²) < 4.78 is 2.71. The van der Waals surface area contributed by atoms with Gasteiger partial charge in [0.25, 0.3) is 0 Å².